The maximum Gasteiger partial charge on any atom is 0.261 e. The van der Waals surface area contributed by atoms with Crippen LogP contribution < -0.4 is 15.5 Å². The van der Waals surface area contributed by atoms with E-state index < -0.39 is 5.91 Å². The van der Waals surface area contributed by atoms with E-state index in [0.717, 1.165) is 4.47 Å². The summed E-state index contributed by atoms with van der Waals surface area (Å²) in [5.74, 6) is 0.133. The van der Waals surface area contributed by atoms with Gasteiger partial charge in [0, 0.05) is 34.7 Å². The van der Waals surface area contributed by atoms with Gasteiger partial charge >= 0.3 is 0 Å². The molecule has 2 aromatic rings. The molecule has 0 bridgehead atoms. The van der Waals surface area contributed by atoms with Crippen LogP contribution in [0.5, 0.6) is 5.75 Å². The second-order valence-electron chi connectivity index (χ2n) is 3.76. The highest BCUT2D eigenvalue weighted by molar-refractivity contribution is 9.10. The number of aromatic nitrogens is 1. The number of anilines is 1. The van der Waals surface area contributed by atoms with E-state index >= 15 is 0 Å². The van der Waals surface area contributed by atoms with Crippen LogP contribution in [0.1, 0.15) is 10.4 Å². The number of carbonyl (C=O) groups is 1. The van der Waals surface area contributed by atoms with Gasteiger partial charge in [-0.2, -0.15) is 0 Å². The third-order valence-corrected chi connectivity index (χ3v) is 2.89. The fourth-order valence-electron chi connectivity index (χ4n) is 1.54. The Balaban J connectivity index is 2.27. The number of aromatic amines is 1. The first-order chi connectivity index (χ1) is 9.10. The fourth-order valence-corrected chi connectivity index (χ4v) is 2.02. The van der Waals surface area contributed by atoms with Crippen LogP contribution in [0.4, 0.5) is 5.69 Å². The number of nitrogens with one attached hydrogen (secondary N) is 2. The van der Waals surface area contributed by atoms with Gasteiger partial charge in [-0.25, -0.2) is 0 Å². The van der Waals surface area contributed by atoms with Gasteiger partial charge in [-0.15, -0.1) is 0 Å². The number of benzene rings is 1. The Kier molecular flexibility index (Phi) is 4.01. The summed E-state index contributed by atoms with van der Waals surface area (Å²) in [7, 11) is 1.54. The standard InChI is InChI=1S/C13H11BrN2O3/c1-19-10-5-8(14)4-9(6-10)16-13(18)11-7-15-3-2-12(11)17/h2-7H,1H3,(H,15,17)(H,16,18). The van der Waals surface area contributed by atoms with Crippen molar-refractivity contribution in [3.05, 3.63) is 56.9 Å². The van der Waals surface area contributed by atoms with E-state index in [2.05, 4.69) is 26.2 Å². The van der Waals surface area contributed by atoms with Crippen LogP contribution in [-0.2, 0) is 0 Å². The summed E-state index contributed by atoms with van der Waals surface area (Å²) in [6.45, 7) is 0. The van der Waals surface area contributed by atoms with Crippen molar-refractivity contribution in [1.82, 2.24) is 4.98 Å². The first-order valence-electron chi connectivity index (χ1n) is 5.43. The van der Waals surface area contributed by atoms with Crippen LogP contribution >= 0.6 is 15.9 Å². The number of H-pyrrole nitrogens is 1. The van der Waals surface area contributed by atoms with E-state index in [-0.39, 0.29) is 11.0 Å². The number of amides is 1. The summed E-state index contributed by atoms with van der Waals surface area (Å²) in [5, 5.41) is 2.65. The summed E-state index contributed by atoms with van der Waals surface area (Å²) in [6, 6.07) is 6.46. The fraction of sp³-hybridized carbons (Fsp3) is 0.0769. The SMILES string of the molecule is COc1cc(Br)cc(NC(=O)c2c[nH]ccc2=O)c1. The van der Waals surface area contributed by atoms with Gasteiger partial charge in [-0.1, -0.05) is 15.9 Å². The lowest BCUT2D eigenvalue weighted by Crippen LogP contribution is -2.20. The molecule has 0 fully saturated rings. The Labute approximate surface area is 117 Å². The number of hydrogen-bond acceptors (Lipinski definition) is 3. The number of hydrogen-bond donors (Lipinski definition) is 2. The average Bonchev–Trinajstić information content (AvgIpc) is 2.38. The molecule has 0 aliphatic heterocycles. The number of halogens is 1. The molecule has 0 spiro atoms. The van der Waals surface area contributed by atoms with E-state index in [1.165, 1.54) is 25.6 Å². The molecule has 2 N–H and O–H groups in total. The second kappa shape index (κ2) is 5.71. The topological polar surface area (TPSA) is 71.2 Å². The summed E-state index contributed by atoms with van der Waals surface area (Å²) in [6.07, 6.45) is 2.84. The van der Waals surface area contributed by atoms with Crippen molar-refractivity contribution >= 4 is 27.5 Å². The van der Waals surface area contributed by atoms with Crippen molar-refractivity contribution in [2.45, 2.75) is 0 Å². The average molecular weight is 323 g/mol. The van der Waals surface area contributed by atoms with Crippen molar-refractivity contribution in [3.63, 3.8) is 0 Å². The highest BCUT2D eigenvalue weighted by atomic mass is 79.9. The molecule has 2 rings (SSSR count). The summed E-state index contributed by atoms with van der Waals surface area (Å²) in [4.78, 5) is 26.2. The van der Waals surface area contributed by atoms with E-state index in [0.29, 0.717) is 11.4 Å². The maximum absolute atomic E-state index is 12.0. The molecule has 0 aliphatic rings. The zero-order chi connectivity index (χ0) is 13.8. The van der Waals surface area contributed by atoms with Crippen molar-refractivity contribution in [2.24, 2.45) is 0 Å². The lowest BCUT2D eigenvalue weighted by molar-refractivity contribution is 0.102. The molecule has 1 amide bonds. The third kappa shape index (κ3) is 3.23. The van der Waals surface area contributed by atoms with Crippen LogP contribution in [0, 0.1) is 0 Å². The zero-order valence-corrected chi connectivity index (χ0v) is 11.7. The lowest BCUT2D eigenvalue weighted by Gasteiger charge is -2.07. The molecule has 98 valence electrons. The van der Waals surface area contributed by atoms with Gasteiger partial charge in [-0.3, -0.25) is 9.59 Å². The Hall–Kier alpha value is -2.08. The van der Waals surface area contributed by atoms with Crippen LogP contribution in [-0.4, -0.2) is 18.0 Å². The first kappa shape index (κ1) is 13.4. The largest absolute Gasteiger partial charge is 0.497 e. The van der Waals surface area contributed by atoms with Crippen molar-refractivity contribution in [3.8, 4) is 5.75 Å². The second-order valence-corrected chi connectivity index (χ2v) is 4.67. The predicted octanol–water partition coefficient (Wildman–Crippen LogP) is 2.40. The summed E-state index contributed by atoms with van der Waals surface area (Å²) in [5.41, 5.74) is 0.263. The Morgan fingerprint density at radius 1 is 1.37 bits per heavy atom. The molecule has 0 radical (unpaired) electrons. The molecule has 0 saturated carbocycles. The van der Waals surface area contributed by atoms with Crippen molar-refractivity contribution in [2.75, 3.05) is 12.4 Å². The molecule has 0 aliphatic carbocycles. The number of carbonyl (C=O) groups excluding carboxylic acids is 1. The summed E-state index contributed by atoms with van der Waals surface area (Å²) >= 11 is 3.32. The van der Waals surface area contributed by atoms with Crippen molar-refractivity contribution < 1.29 is 9.53 Å². The van der Waals surface area contributed by atoms with Crippen LogP contribution in [0.3, 0.4) is 0 Å². The molecule has 0 atom stereocenters. The first-order valence-corrected chi connectivity index (χ1v) is 6.22. The van der Waals surface area contributed by atoms with E-state index in [1.807, 2.05) is 0 Å². The molecule has 1 aromatic heterocycles. The van der Waals surface area contributed by atoms with Gasteiger partial charge in [-0.05, 0) is 12.1 Å². The van der Waals surface area contributed by atoms with Gasteiger partial charge in [0.05, 0.1) is 7.11 Å². The Morgan fingerprint density at radius 3 is 2.84 bits per heavy atom. The monoisotopic (exact) mass is 322 g/mol. The van der Waals surface area contributed by atoms with Crippen molar-refractivity contribution in [1.29, 1.82) is 0 Å². The molecule has 0 unspecified atom stereocenters. The van der Waals surface area contributed by atoms with Gasteiger partial charge in [0.15, 0.2) is 5.43 Å². The minimum Gasteiger partial charge on any atom is -0.497 e. The Bertz CT molecular complexity index is 667. The maximum atomic E-state index is 12.0. The van der Waals surface area contributed by atoms with Crippen LogP contribution in [0.15, 0.2) is 45.9 Å². The highest BCUT2D eigenvalue weighted by Crippen LogP contribution is 2.24. The number of pyridine rings is 1. The van der Waals surface area contributed by atoms with E-state index in [9.17, 15) is 9.59 Å². The quantitative estimate of drug-likeness (QED) is 0.911. The molecule has 1 heterocycles. The molecule has 1 aromatic carbocycles. The van der Waals surface area contributed by atoms with Gasteiger partial charge in [0.25, 0.3) is 5.91 Å². The predicted molar refractivity (Wildman–Crippen MR) is 75.7 cm³/mol. The number of rotatable bonds is 3. The zero-order valence-electron chi connectivity index (χ0n) is 10.1. The number of ether oxygens (including phenoxy) is 1. The molecular weight excluding hydrogens is 312 g/mol. The van der Waals surface area contributed by atoms with Gasteiger partial charge in [0.2, 0.25) is 0 Å². The third-order valence-electron chi connectivity index (χ3n) is 2.43. The van der Waals surface area contributed by atoms with E-state index in [4.69, 9.17) is 4.74 Å². The molecule has 0 saturated heterocycles. The van der Waals surface area contributed by atoms with Crippen LogP contribution in [0.2, 0.25) is 0 Å². The minimum absolute atomic E-state index is 0.0569. The molecular formula is C13H11BrN2O3. The van der Waals surface area contributed by atoms with Gasteiger partial charge < -0.3 is 15.0 Å². The normalized spacial score (nSPS) is 10.0. The van der Waals surface area contributed by atoms with Crippen LogP contribution in [0.25, 0.3) is 0 Å². The Morgan fingerprint density at radius 2 is 2.16 bits per heavy atom. The summed E-state index contributed by atoms with van der Waals surface area (Å²) < 4.78 is 5.87. The molecule has 5 nitrogen and oxygen atoms in total. The molecule has 19 heavy (non-hydrogen) atoms. The smallest absolute Gasteiger partial charge is 0.261 e. The minimum atomic E-state index is -0.470. The van der Waals surface area contributed by atoms with E-state index in [1.54, 1.807) is 18.2 Å². The molecule has 6 heteroatoms. The van der Waals surface area contributed by atoms with Gasteiger partial charge in [0.1, 0.15) is 11.3 Å². The number of methoxy groups -OCH3 is 1. The highest BCUT2D eigenvalue weighted by Gasteiger charge is 2.10. The lowest BCUT2D eigenvalue weighted by atomic mass is 10.2.